The molecule has 0 fully saturated rings. The molecule has 31 heavy (non-hydrogen) atoms. The van der Waals surface area contributed by atoms with Crippen LogP contribution in [0.3, 0.4) is 0 Å². The van der Waals surface area contributed by atoms with Gasteiger partial charge in [-0.2, -0.15) is 5.26 Å². The Balaban J connectivity index is 2.08. The van der Waals surface area contributed by atoms with Crippen molar-refractivity contribution in [1.82, 2.24) is 0 Å². The molecule has 1 unspecified atom stereocenters. The Morgan fingerprint density at radius 1 is 1.32 bits per heavy atom. The van der Waals surface area contributed by atoms with E-state index in [4.69, 9.17) is 31.5 Å². The van der Waals surface area contributed by atoms with E-state index in [0.717, 1.165) is 10.0 Å². The molecule has 3 rings (SSSR count). The van der Waals surface area contributed by atoms with Gasteiger partial charge in [0.25, 0.3) is 0 Å². The molecular weight excluding hydrogens is 484 g/mol. The van der Waals surface area contributed by atoms with E-state index >= 15 is 0 Å². The highest BCUT2D eigenvalue weighted by Gasteiger charge is 2.38. The molecular formula is C23H20BrClN2O4. The van der Waals surface area contributed by atoms with Crippen LogP contribution in [0.5, 0.6) is 5.75 Å². The van der Waals surface area contributed by atoms with Gasteiger partial charge in [0.15, 0.2) is 0 Å². The smallest absolute Gasteiger partial charge is 0.338 e. The van der Waals surface area contributed by atoms with Gasteiger partial charge in [-0.05, 0) is 49.7 Å². The molecule has 2 N–H and O–H groups in total. The molecule has 0 radical (unpaired) electrons. The van der Waals surface area contributed by atoms with E-state index in [1.54, 1.807) is 32.0 Å². The van der Waals surface area contributed by atoms with Gasteiger partial charge in [-0.1, -0.05) is 39.7 Å². The molecule has 6 nitrogen and oxygen atoms in total. The molecule has 1 atom stereocenters. The summed E-state index contributed by atoms with van der Waals surface area (Å²) in [5.41, 5.74) is 7.71. The van der Waals surface area contributed by atoms with Crippen LogP contribution in [0.2, 0.25) is 5.02 Å². The number of halogens is 2. The maximum Gasteiger partial charge on any atom is 0.338 e. The number of hydrogen-bond donors (Lipinski definition) is 1. The number of esters is 1. The predicted molar refractivity (Wildman–Crippen MR) is 120 cm³/mol. The highest BCUT2D eigenvalue weighted by atomic mass is 79.9. The van der Waals surface area contributed by atoms with Crippen molar-refractivity contribution in [3.63, 3.8) is 0 Å². The second-order valence-corrected chi connectivity index (χ2v) is 8.07. The third-order valence-electron chi connectivity index (χ3n) is 4.67. The summed E-state index contributed by atoms with van der Waals surface area (Å²) in [5.74, 6) is -0.780. The average molecular weight is 504 g/mol. The minimum absolute atomic E-state index is 0.0732. The second-order valence-electron chi connectivity index (χ2n) is 6.72. The summed E-state index contributed by atoms with van der Waals surface area (Å²) in [6.07, 6.45) is 0. The van der Waals surface area contributed by atoms with E-state index in [-0.39, 0.29) is 36.0 Å². The normalized spacial score (nSPS) is 15.9. The highest BCUT2D eigenvalue weighted by molar-refractivity contribution is 9.10. The van der Waals surface area contributed by atoms with E-state index in [9.17, 15) is 10.1 Å². The Morgan fingerprint density at radius 2 is 2.10 bits per heavy atom. The van der Waals surface area contributed by atoms with Gasteiger partial charge in [0, 0.05) is 15.1 Å². The SMILES string of the molecule is CCOC(=O)C1=C(C)OC(N)=C(C#N)C1c1cc(Cl)ccc1OCc1cccc(Br)c1. The number of allylic oxidation sites excluding steroid dienone is 2. The molecule has 8 heteroatoms. The Kier molecular flexibility index (Phi) is 7.26. The van der Waals surface area contributed by atoms with Gasteiger partial charge in [-0.3, -0.25) is 0 Å². The number of carbonyl (C=O) groups is 1. The summed E-state index contributed by atoms with van der Waals surface area (Å²) < 4.78 is 17.7. The van der Waals surface area contributed by atoms with E-state index in [1.165, 1.54) is 0 Å². The first-order valence-electron chi connectivity index (χ1n) is 9.47. The Labute approximate surface area is 194 Å². The standard InChI is InChI=1S/C23H20BrClN2O4/c1-3-29-23(28)20-13(2)31-22(27)18(11-26)21(20)17-10-16(25)7-8-19(17)30-12-14-5-4-6-15(24)9-14/h4-10,21H,3,12,27H2,1-2H3. The van der Waals surface area contributed by atoms with Crippen LogP contribution in [0.1, 0.15) is 30.9 Å². The Hall–Kier alpha value is -2.95. The van der Waals surface area contributed by atoms with Crippen LogP contribution in [0.25, 0.3) is 0 Å². The monoisotopic (exact) mass is 502 g/mol. The minimum atomic E-state index is -0.839. The molecule has 0 aromatic heterocycles. The number of benzene rings is 2. The molecule has 2 aromatic rings. The number of rotatable bonds is 6. The Bertz CT molecular complexity index is 1120. The van der Waals surface area contributed by atoms with Gasteiger partial charge >= 0.3 is 5.97 Å². The zero-order chi connectivity index (χ0) is 22.5. The molecule has 1 aliphatic rings. The van der Waals surface area contributed by atoms with Gasteiger partial charge in [0.2, 0.25) is 5.88 Å². The predicted octanol–water partition coefficient (Wildman–Crippen LogP) is 5.33. The van der Waals surface area contributed by atoms with E-state index in [2.05, 4.69) is 22.0 Å². The topological polar surface area (TPSA) is 94.6 Å². The summed E-state index contributed by atoms with van der Waals surface area (Å²) >= 11 is 9.71. The van der Waals surface area contributed by atoms with Crippen LogP contribution in [-0.2, 0) is 20.9 Å². The lowest BCUT2D eigenvalue weighted by atomic mass is 9.82. The summed E-state index contributed by atoms with van der Waals surface area (Å²) in [4.78, 5) is 12.8. The van der Waals surface area contributed by atoms with Crippen molar-refractivity contribution in [3.05, 3.63) is 85.9 Å². The largest absolute Gasteiger partial charge is 0.489 e. The third kappa shape index (κ3) is 5.04. The summed E-state index contributed by atoms with van der Waals surface area (Å²) in [5, 5.41) is 10.2. The van der Waals surface area contributed by atoms with Crippen LogP contribution in [-0.4, -0.2) is 12.6 Å². The number of carbonyl (C=O) groups excluding carboxylic acids is 1. The first-order chi connectivity index (χ1) is 14.8. The maximum atomic E-state index is 12.8. The van der Waals surface area contributed by atoms with Crippen LogP contribution in [0, 0.1) is 11.3 Å². The number of nitrogens with two attached hydrogens (primary N) is 1. The first-order valence-corrected chi connectivity index (χ1v) is 10.6. The number of ether oxygens (including phenoxy) is 3. The van der Waals surface area contributed by atoms with Crippen molar-refractivity contribution in [3.8, 4) is 11.8 Å². The lowest BCUT2D eigenvalue weighted by Crippen LogP contribution is -2.26. The molecule has 1 aliphatic heterocycles. The summed E-state index contributed by atoms with van der Waals surface area (Å²) in [6.45, 7) is 3.75. The van der Waals surface area contributed by atoms with Gasteiger partial charge in [-0.15, -0.1) is 0 Å². The fraction of sp³-hybridized carbons (Fsp3) is 0.217. The highest BCUT2D eigenvalue weighted by Crippen LogP contribution is 2.44. The van der Waals surface area contributed by atoms with Gasteiger partial charge in [-0.25, -0.2) is 4.79 Å². The summed E-state index contributed by atoms with van der Waals surface area (Å²) in [7, 11) is 0. The van der Waals surface area contributed by atoms with E-state index < -0.39 is 11.9 Å². The number of nitrogens with zero attached hydrogens (tertiary/aromatic N) is 1. The minimum Gasteiger partial charge on any atom is -0.489 e. The average Bonchev–Trinajstić information content (AvgIpc) is 2.72. The molecule has 0 aliphatic carbocycles. The van der Waals surface area contributed by atoms with Crippen LogP contribution in [0.4, 0.5) is 0 Å². The van der Waals surface area contributed by atoms with Crippen molar-refractivity contribution < 1.29 is 19.0 Å². The van der Waals surface area contributed by atoms with Gasteiger partial charge < -0.3 is 19.9 Å². The van der Waals surface area contributed by atoms with Crippen LogP contribution < -0.4 is 10.5 Å². The molecule has 0 bridgehead atoms. The third-order valence-corrected chi connectivity index (χ3v) is 5.40. The number of nitriles is 1. The lowest BCUT2D eigenvalue weighted by molar-refractivity contribution is -0.139. The quantitative estimate of drug-likeness (QED) is 0.536. The fourth-order valence-electron chi connectivity index (χ4n) is 3.33. The zero-order valence-corrected chi connectivity index (χ0v) is 19.3. The van der Waals surface area contributed by atoms with Crippen molar-refractivity contribution in [1.29, 1.82) is 5.26 Å². The second kappa shape index (κ2) is 9.90. The molecule has 0 spiro atoms. The fourth-order valence-corrected chi connectivity index (χ4v) is 3.96. The lowest BCUT2D eigenvalue weighted by Gasteiger charge is -2.28. The zero-order valence-electron chi connectivity index (χ0n) is 16.9. The van der Waals surface area contributed by atoms with Crippen molar-refractivity contribution in [2.45, 2.75) is 26.4 Å². The maximum absolute atomic E-state index is 12.8. The van der Waals surface area contributed by atoms with Gasteiger partial charge in [0.1, 0.15) is 29.8 Å². The van der Waals surface area contributed by atoms with Crippen molar-refractivity contribution in [2.75, 3.05) is 6.61 Å². The molecule has 2 aromatic carbocycles. The molecule has 0 saturated heterocycles. The molecule has 0 saturated carbocycles. The first kappa shape index (κ1) is 22.7. The van der Waals surface area contributed by atoms with Crippen molar-refractivity contribution >= 4 is 33.5 Å². The van der Waals surface area contributed by atoms with Gasteiger partial charge in [0.05, 0.1) is 18.1 Å². The molecule has 160 valence electrons. The molecule has 0 amide bonds. The number of hydrogen-bond acceptors (Lipinski definition) is 6. The van der Waals surface area contributed by atoms with E-state index in [1.807, 2.05) is 24.3 Å². The molecule has 1 heterocycles. The summed E-state index contributed by atoms with van der Waals surface area (Å²) in [6, 6.07) is 14.8. The van der Waals surface area contributed by atoms with Crippen LogP contribution in [0.15, 0.2) is 69.7 Å². The Morgan fingerprint density at radius 3 is 2.77 bits per heavy atom. The van der Waals surface area contributed by atoms with Crippen LogP contribution >= 0.6 is 27.5 Å². The van der Waals surface area contributed by atoms with E-state index in [0.29, 0.717) is 16.3 Å². The van der Waals surface area contributed by atoms with Crippen molar-refractivity contribution in [2.24, 2.45) is 5.73 Å².